The quantitative estimate of drug-likeness (QED) is 0.365. The topological polar surface area (TPSA) is 65.5 Å². The Morgan fingerprint density at radius 2 is 2.04 bits per heavy atom. The molecule has 3 aromatic rings. The van der Waals surface area contributed by atoms with Gasteiger partial charge in [0.25, 0.3) is 0 Å². The Morgan fingerprint density at radius 1 is 1.18 bits per heavy atom. The van der Waals surface area contributed by atoms with Crippen LogP contribution in [0, 0.1) is 5.82 Å². The molecule has 5 nitrogen and oxygen atoms in total. The lowest BCUT2D eigenvalue weighted by atomic mass is 10.1. The summed E-state index contributed by atoms with van der Waals surface area (Å²) in [5, 5.41) is 0.158. The van der Waals surface area contributed by atoms with Crippen molar-refractivity contribution in [3.05, 3.63) is 94.2 Å². The highest BCUT2D eigenvalue weighted by Gasteiger charge is 2.28. The number of esters is 1. The maximum absolute atomic E-state index is 14.0. The van der Waals surface area contributed by atoms with Crippen LogP contribution < -0.4 is 9.47 Å². The Kier molecular flexibility index (Phi) is 4.63. The van der Waals surface area contributed by atoms with Crippen molar-refractivity contribution in [3.8, 4) is 11.5 Å². The number of rotatable bonds is 3. The number of ether oxygens (including phenoxy) is 2. The van der Waals surface area contributed by atoms with Gasteiger partial charge in [-0.1, -0.05) is 17.7 Å². The van der Waals surface area contributed by atoms with E-state index in [1.807, 2.05) is 0 Å². The zero-order chi connectivity index (χ0) is 19.7. The monoisotopic (exact) mass is 395 g/mol. The molecule has 2 aromatic carbocycles. The van der Waals surface area contributed by atoms with Crippen molar-refractivity contribution >= 4 is 29.4 Å². The van der Waals surface area contributed by atoms with E-state index in [9.17, 15) is 14.0 Å². The fourth-order valence-corrected chi connectivity index (χ4v) is 2.88. The second kappa shape index (κ2) is 7.25. The van der Waals surface area contributed by atoms with Crippen LogP contribution in [0.4, 0.5) is 4.39 Å². The molecular weight excluding hydrogens is 385 g/mol. The molecular formula is C21H11ClFNO4. The minimum Gasteiger partial charge on any atom is -0.452 e. The molecule has 0 saturated carbocycles. The Bertz CT molecular complexity index is 1110. The lowest BCUT2D eigenvalue weighted by Crippen LogP contribution is -2.08. The second-order valence-corrected chi connectivity index (χ2v) is 6.27. The number of nitrogens with zero attached hydrogens (tertiary/aromatic N) is 1. The summed E-state index contributed by atoms with van der Waals surface area (Å²) in [4.78, 5) is 28.5. The van der Waals surface area contributed by atoms with Crippen LogP contribution in [0.3, 0.4) is 0 Å². The first kappa shape index (κ1) is 17.9. The Balaban J connectivity index is 1.60. The minimum absolute atomic E-state index is 0.0588. The molecule has 4 rings (SSSR count). The van der Waals surface area contributed by atoms with Gasteiger partial charge in [-0.05, 0) is 42.5 Å². The van der Waals surface area contributed by atoms with E-state index in [1.165, 1.54) is 48.7 Å². The summed E-state index contributed by atoms with van der Waals surface area (Å²) in [6.45, 7) is 0. The Morgan fingerprint density at radius 3 is 2.79 bits per heavy atom. The lowest BCUT2D eigenvalue weighted by Gasteiger charge is -2.05. The molecule has 1 aromatic heterocycles. The zero-order valence-corrected chi connectivity index (χ0v) is 14.9. The number of carbonyl (C=O) groups excluding carboxylic acids is 2. The number of hydrogen-bond donors (Lipinski definition) is 0. The van der Waals surface area contributed by atoms with Gasteiger partial charge in [0.2, 0.25) is 5.78 Å². The summed E-state index contributed by atoms with van der Waals surface area (Å²) in [6.07, 6.45) is 4.18. The van der Waals surface area contributed by atoms with Crippen LogP contribution in [0.25, 0.3) is 6.08 Å². The number of halogens is 2. The number of benzene rings is 2. The van der Waals surface area contributed by atoms with E-state index in [0.29, 0.717) is 0 Å². The smallest absolute Gasteiger partial charge is 0.345 e. The van der Waals surface area contributed by atoms with Crippen molar-refractivity contribution in [2.75, 3.05) is 0 Å². The summed E-state index contributed by atoms with van der Waals surface area (Å²) in [6, 6.07) is 11.8. The standard InChI is InChI=1S/C21H11ClFNO4/c22-16-4-1-5-17(23)15(16)10-19-20(25)14-7-6-13(9-18(14)28-19)27-21(26)12-3-2-8-24-11-12/h1-11H/b19-10-. The Labute approximate surface area is 164 Å². The predicted molar refractivity (Wildman–Crippen MR) is 100.0 cm³/mol. The van der Waals surface area contributed by atoms with Crippen molar-refractivity contribution < 1.29 is 23.5 Å². The summed E-state index contributed by atoms with van der Waals surface area (Å²) in [5.74, 6) is -1.24. The third kappa shape index (κ3) is 3.37. The van der Waals surface area contributed by atoms with Crippen molar-refractivity contribution in [2.24, 2.45) is 0 Å². The van der Waals surface area contributed by atoms with Crippen LogP contribution >= 0.6 is 11.6 Å². The zero-order valence-electron chi connectivity index (χ0n) is 14.2. The van der Waals surface area contributed by atoms with Gasteiger partial charge in [0, 0.05) is 24.0 Å². The number of fused-ring (bicyclic) bond motifs is 1. The number of ketones is 1. The van der Waals surface area contributed by atoms with Crippen molar-refractivity contribution in [1.29, 1.82) is 0 Å². The predicted octanol–water partition coefficient (Wildman–Crippen LogP) is 4.71. The van der Waals surface area contributed by atoms with Gasteiger partial charge >= 0.3 is 5.97 Å². The van der Waals surface area contributed by atoms with Crippen LogP contribution in [-0.4, -0.2) is 16.7 Å². The Hall–Kier alpha value is -3.51. The van der Waals surface area contributed by atoms with Gasteiger partial charge in [-0.25, -0.2) is 9.18 Å². The van der Waals surface area contributed by atoms with Crippen molar-refractivity contribution in [2.45, 2.75) is 0 Å². The maximum Gasteiger partial charge on any atom is 0.345 e. The summed E-state index contributed by atoms with van der Waals surface area (Å²) >= 11 is 5.99. The molecule has 1 aliphatic rings. The number of carbonyl (C=O) groups is 2. The van der Waals surface area contributed by atoms with Gasteiger partial charge in [0.15, 0.2) is 5.76 Å². The van der Waals surface area contributed by atoms with Crippen LogP contribution in [0.2, 0.25) is 5.02 Å². The highest BCUT2D eigenvalue weighted by atomic mass is 35.5. The summed E-state index contributed by atoms with van der Waals surface area (Å²) in [7, 11) is 0. The fraction of sp³-hybridized carbons (Fsp3) is 0. The van der Waals surface area contributed by atoms with E-state index in [4.69, 9.17) is 21.1 Å². The van der Waals surface area contributed by atoms with E-state index in [1.54, 1.807) is 18.3 Å². The highest BCUT2D eigenvalue weighted by molar-refractivity contribution is 6.32. The molecule has 0 bridgehead atoms. The van der Waals surface area contributed by atoms with Crippen LogP contribution in [0.5, 0.6) is 11.5 Å². The largest absolute Gasteiger partial charge is 0.452 e. The van der Waals surface area contributed by atoms with Gasteiger partial charge in [0.05, 0.1) is 16.1 Å². The third-order valence-electron chi connectivity index (χ3n) is 4.02. The molecule has 0 atom stereocenters. The first-order valence-electron chi connectivity index (χ1n) is 8.17. The van der Waals surface area contributed by atoms with E-state index in [2.05, 4.69) is 4.98 Å². The molecule has 1 aliphatic heterocycles. The second-order valence-electron chi connectivity index (χ2n) is 5.86. The first-order chi connectivity index (χ1) is 13.5. The van der Waals surface area contributed by atoms with Gasteiger partial charge < -0.3 is 9.47 Å². The van der Waals surface area contributed by atoms with E-state index < -0.39 is 17.6 Å². The normalized spacial score (nSPS) is 13.9. The number of aromatic nitrogens is 1. The molecule has 28 heavy (non-hydrogen) atoms. The molecule has 0 spiro atoms. The minimum atomic E-state index is -0.591. The number of pyridine rings is 1. The van der Waals surface area contributed by atoms with Crippen molar-refractivity contribution in [1.82, 2.24) is 4.98 Å². The highest BCUT2D eigenvalue weighted by Crippen LogP contribution is 2.36. The van der Waals surface area contributed by atoms with Gasteiger partial charge in [-0.2, -0.15) is 0 Å². The number of hydrogen-bond acceptors (Lipinski definition) is 5. The van der Waals surface area contributed by atoms with E-state index in [-0.39, 0.29) is 39.0 Å². The van der Waals surface area contributed by atoms with Crippen LogP contribution in [0.1, 0.15) is 26.3 Å². The SMILES string of the molecule is O=C(Oc1ccc2c(c1)O/C(=C\c1c(F)cccc1Cl)C2=O)c1cccnc1. The lowest BCUT2D eigenvalue weighted by molar-refractivity contribution is 0.0734. The molecule has 0 aliphatic carbocycles. The molecule has 0 amide bonds. The number of Topliss-reactive ketones (excluding diaryl/α,β-unsaturated/α-hetero) is 1. The molecule has 138 valence electrons. The van der Waals surface area contributed by atoms with Crippen molar-refractivity contribution in [3.63, 3.8) is 0 Å². The number of allylic oxidation sites excluding steroid dienone is 1. The average Bonchev–Trinajstić information content (AvgIpc) is 3.00. The third-order valence-corrected chi connectivity index (χ3v) is 4.35. The molecule has 0 radical (unpaired) electrons. The first-order valence-corrected chi connectivity index (χ1v) is 8.55. The van der Waals surface area contributed by atoms with Gasteiger partial charge in [-0.3, -0.25) is 9.78 Å². The molecule has 0 N–H and O–H groups in total. The van der Waals surface area contributed by atoms with Gasteiger partial charge in [0.1, 0.15) is 17.3 Å². The maximum atomic E-state index is 14.0. The molecule has 0 fully saturated rings. The van der Waals surface area contributed by atoms with E-state index >= 15 is 0 Å². The molecule has 0 saturated heterocycles. The van der Waals surface area contributed by atoms with E-state index in [0.717, 1.165) is 0 Å². The summed E-state index contributed by atoms with van der Waals surface area (Å²) in [5.41, 5.74) is 0.623. The average molecular weight is 396 g/mol. The van der Waals surface area contributed by atoms with Crippen LogP contribution in [-0.2, 0) is 0 Å². The van der Waals surface area contributed by atoms with Crippen LogP contribution in [0.15, 0.2) is 66.7 Å². The van der Waals surface area contributed by atoms with Gasteiger partial charge in [-0.15, -0.1) is 0 Å². The molecule has 2 heterocycles. The summed E-state index contributed by atoms with van der Waals surface area (Å²) < 4.78 is 24.8. The molecule has 7 heteroatoms. The molecule has 0 unspecified atom stereocenters. The fourth-order valence-electron chi connectivity index (χ4n) is 2.66.